The van der Waals surface area contributed by atoms with Gasteiger partial charge in [0, 0.05) is 5.57 Å². The Morgan fingerprint density at radius 3 is 2.08 bits per heavy atom. The molecule has 1 nitrogen and oxygen atoms in total. The Morgan fingerprint density at radius 1 is 1.08 bits per heavy atom. The fourth-order valence-electron chi connectivity index (χ4n) is 1.90. The number of hydrogen-bond acceptors (Lipinski definition) is 1. The van der Waals surface area contributed by atoms with Crippen molar-refractivity contribution in [3.8, 4) is 6.07 Å². The average Bonchev–Trinajstić information content (AvgIpc) is 2.02. The normalized spacial score (nSPS) is 20.6. The summed E-state index contributed by atoms with van der Waals surface area (Å²) in [5.41, 5.74) is 0.803. The SMILES string of the molecule is C=C(C#N)C1CCCCCCC1. The van der Waals surface area contributed by atoms with E-state index < -0.39 is 0 Å². The minimum Gasteiger partial charge on any atom is -0.193 e. The largest absolute Gasteiger partial charge is 0.193 e. The summed E-state index contributed by atoms with van der Waals surface area (Å²) >= 11 is 0. The predicted molar refractivity (Wildman–Crippen MR) is 50.6 cm³/mol. The van der Waals surface area contributed by atoms with E-state index in [1.807, 2.05) is 0 Å². The molecule has 0 radical (unpaired) electrons. The zero-order valence-electron chi connectivity index (χ0n) is 7.68. The van der Waals surface area contributed by atoms with Crippen LogP contribution in [0.3, 0.4) is 0 Å². The minimum absolute atomic E-state index is 0.496. The Morgan fingerprint density at radius 2 is 1.58 bits per heavy atom. The molecular formula is C11H17N. The van der Waals surface area contributed by atoms with Crippen molar-refractivity contribution in [1.29, 1.82) is 5.26 Å². The summed E-state index contributed by atoms with van der Waals surface area (Å²) < 4.78 is 0. The summed E-state index contributed by atoms with van der Waals surface area (Å²) in [7, 11) is 0. The van der Waals surface area contributed by atoms with Gasteiger partial charge in [-0.3, -0.25) is 0 Å². The van der Waals surface area contributed by atoms with Crippen LogP contribution >= 0.6 is 0 Å². The second kappa shape index (κ2) is 4.98. The van der Waals surface area contributed by atoms with Crippen molar-refractivity contribution in [3.63, 3.8) is 0 Å². The maximum atomic E-state index is 8.70. The van der Waals surface area contributed by atoms with E-state index in [1.165, 1.54) is 44.9 Å². The second-order valence-corrected chi connectivity index (χ2v) is 3.68. The van der Waals surface area contributed by atoms with Crippen molar-refractivity contribution >= 4 is 0 Å². The molecule has 0 aromatic heterocycles. The number of hydrogen-bond donors (Lipinski definition) is 0. The molecule has 0 atom stereocenters. The summed E-state index contributed by atoms with van der Waals surface area (Å²) in [5.74, 6) is 0.496. The Balaban J connectivity index is 2.40. The maximum absolute atomic E-state index is 8.70. The van der Waals surface area contributed by atoms with Crippen molar-refractivity contribution in [2.45, 2.75) is 44.9 Å². The van der Waals surface area contributed by atoms with Crippen LogP contribution in [-0.4, -0.2) is 0 Å². The highest BCUT2D eigenvalue weighted by Crippen LogP contribution is 2.26. The summed E-state index contributed by atoms with van der Waals surface area (Å²) in [6, 6.07) is 2.19. The van der Waals surface area contributed by atoms with Gasteiger partial charge in [-0.1, -0.05) is 38.7 Å². The molecule has 0 unspecified atom stereocenters. The van der Waals surface area contributed by atoms with Crippen molar-refractivity contribution in [1.82, 2.24) is 0 Å². The van der Waals surface area contributed by atoms with E-state index in [2.05, 4.69) is 12.6 Å². The summed E-state index contributed by atoms with van der Waals surface area (Å²) in [5, 5.41) is 8.70. The van der Waals surface area contributed by atoms with Crippen LogP contribution in [0.4, 0.5) is 0 Å². The summed E-state index contributed by atoms with van der Waals surface area (Å²) in [6.45, 7) is 3.81. The molecule has 0 heterocycles. The lowest BCUT2D eigenvalue weighted by Crippen LogP contribution is -2.04. The van der Waals surface area contributed by atoms with Gasteiger partial charge >= 0.3 is 0 Å². The van der Waals surface area contributed by atoms with Crippen molar-refractivity contribution in [2.24, 2.45) is 5.92 Å². The summed E-state index contributed by atoms with van der Waals surface area (Å²) in [6.07, 6.45) is 9.01. The predicted octanol–water partition coefficient (Wildman–Crippen LogP) is 3.43. The first-order valence-electron chi connectivity index (χ1n) is 4.93. The van der Waals surface area contributed by atoms with E-state index in [-0.39, 0.29) is 0 Å². The zero-order chi connectivity index (χ0) is 8.81. The van der Waals surface area contributed by atoms with Gasteiger partial charge in [0.25, 0.3) is 0 Å². The van der Waals surface area contributed by atoms with Gasteiger partial charge in [0.15, 0.2) is 0 Å². The van der Waals surface area contributed by atoms with Crippen LogP contribution < -0.4 is 0 Å². The highest BCUT2D eigenvalue weighted by molar-refractivity contribution is 5.19. The Hall–Kier alpha value is -0.770. The van der Waals surface area contributed by atoms with Crippen LogP contribution in [0, 0.1) is 17.2 Å². The van der Waals surface area contributed by atoms with Gasteiger partial charge in [0.1, 0.15) is 0 Å². The van der Waals surface area contributed by atoms with E-state index in [9.17, 15) is 0 Å². The molecule has 1 fully saturated rings. The Labute approximate surface area is 75.1 Å². The molecular weight excluding hydrogens is 146 g/mol. The Kier molecular flexibility index (Phi) is 3.87. The Bertz CT molecular complexity index is 180. The molecule has 1 rings (SSSR count). The molecule has 66 valence electrons. The third kappa shape index (κ3) is 2.70. The smallest absolute Gasteiger partial charge is 0.0943 e. The van der Waals surface area contributed by atoms with Gasteiger partial charge < -0.3 is 0 Å². The molecule has 1 aliphatic carbocycles. The third-order valence-corrected chi connectivity index (χ3v) is 2.74. The first kappa shape index (κ1) is 9.32. The standard InChI is InChI=1S/C11H17N/c1-10(9-12)11-7-5-3-2-4-6-8-11/h11H,1-8H2. The molecule has 1 saturated carbocycles. The van der Waals surface area contributed by atoms with E-state index >= 15 is 0 Å². The first-order valence-corrected chi connectivity index (χ1v) is 4.93. The van der Waals surface area contributed by atoms with E-state index in [0.29, 0.717) is 5.92 Å². The lowest BCUT2D eigenvalue weighted by Gasteiger charge is -2.17. The lowest BCUT2D eigenvalue weighted by molar-refractivity contribution is 0.426. The highest BCUT2D eigenvalue weighted by Gasteiger charge is 2.13. The topological polar surface area (TPSA) is 23.8 Å². The zero-order valence-corrected chi connectivity index (χ0v) is 7.68. The maximum Gasteiger partial charge on any atom is 0.0943 e. The van der Waals surface area contributed by atoms with Gasteiger partial charge in [-0.2, -0.15) is 5.26 Å². The van der Waals surface area contributed by atoms with E-state index in [0.717, 1.165) is 5.57 Å². The van der Waals surface area contributed by atoms with Gasteiger partial charge in [-0.15, -0.1) is 0 Å². The second-order valence-electron chi connectivity index (χ2n) is 3.68. The monoisotopic (exact) mass is 163 g/mol. The van der Waals surface area contributed by atoms with Crippen LogP contribution in [-0.2, 0) is 0 Å². The fraction of sp³-hybridized carbons (Fsp3) is 0.727. The van der Waals surface area contributed by atoms with E-state index in [1.54, 1.807) is 0 Å². The van der Waals surface area contributed by atoms with Crippen molar-refractivity contribution < 1.29 is 0 Å². The number of nitriles is 1. The molecule has 0 aromatic carbocycles. The molecule has 0 aliphatic heterocycles. The quantitative estimate of drug-likeness (QED) is 0.543. The molecule has 0 aromatic rings. The van der Waals surface area contributed by atoms with Crippen LogP contribution in [0.2, 0.25) is 0 Å². The number of rotatable bonds is 1. The van der Waals surface area contributed by atoms with Crippen LogP contribution in [0.25, 0.3) is 0 Å². The van der Waals surface area contributed by atoms with Crippen LogP contribution in [0.5, 0.6) is 0 Å². The first-order chi connectivity index (χ1) is 5.84. The fourth-order valence-corrected chi connectivity index (χ4v) is 1.90. The van der Waals surface area contributed by atoms with Crippen LogP contribution in [0.1, 0.15) is 44.9 Å². The summed E-state index contributed by atoms with van der Waals surface area (Å²) in [4.78, 5) is 0. The van der Waals surface area contributed by atoms with Gasteiger partial charge in [0.05, 0.1) is 6.07 Å². The lowest BCUT2D eigenvalue weighted by atomic mass is 9.87. The molecule has 0 bridgehead atoms. The molecule has 0 saturated heterocycles. The van der Waals surface area contributed by atoms with Gasteiger partial charge in [-0.05, 0) is 18.8 Å². The van der Waals surface area contributed by atoms with Gasteiger partial charge in [-0.25, -0.2) is 0 Å². The molecule has 0 N–H and O–H groups in total. The molecule has 1 aliphatic rings. The third-order valence-electron chi connectivity index (χ3n) is 2.74. The van der Waals surface area contributed by atoms with E-state index in [4.69, 9.17) is 5.26 Å². The van der Waals surface area contributed by atoms with Gasteiger partial charge in [0.2, 0.25) is 0 Å². The van der Waals surface area contributed by atoms with Crippen molar-refractivity contribution in [3.05, 3.63) is 12.2 Å². The van der Waals surface area contributed by atoms with Crippen LogP contribution in [0.15, 0.2) is 12.2 Å². The molecule has 0 spiro atoms. The number of nitrogens with zero attached hydrogens (tertiary/aromatic N) is 1. The minimum atomic E-state index is 0.496. The van der Waals surface area contributed by atoms with Crippen molar-refractivity contribution in [2.75, 3.05) is 0 Å². The average molecular weight is 163 g/mol. The molecule has 12 heavy (non-hydrogen) atoms. The molecule has 1 heteroatoms. The highest BCUT2D eigenvalue weighted by atomic mass is 14.3. The number of allylic oxidation sites excluding steroid dienone is 1. The molecule has 0 amide bonds.